The fourth-order valence-corrected chi connectivity index (χ4v) is 5.37. The van der Waals surface area contributed by atoms with Gasteiger partial charge in [0.25, 0.3) is 0 Å². The van der Waals surface area contributed by atoms with Crippen molar-refractivity contribution in [1.82, 2.24) is 19.4 Å². The summed E-state index contributed by atoms with van der Waals surface area (Å²) < 4.78 is 42.2. The van der Waals surface area contributed by atoms with Crippen LogP contribution in [0.5, 0.6) is 0 Å². The first kappa shape index (κ1) is 22.9. The van der Waals surface area contributed by atoms with Crippen molar-refractivity contribution in [3.05, 3.63) is 34.1 Å². The zero-order valence-electron chi connectivity index (χ0n) is 18.3. The smallest absolute Gasteiger partial charge is 0.393 e. The number of fused-ring (bicyclic) bond motifs is 1. The highest BCUT2D eigenvalue weighted by Crippen LogP contribution is 2.37. The Hall–Kier alpha value is -1.84. The van der Waals surface area contributed by atoms with E-state index in [9.17, 15) is 23.1 Å². The summed E-state index contributed by atoms with van der Waals surface area (Å²) in [5, 5.41) is 14.2. The fourth-order valence-electron chi connectivity index (χ4n) is 5.14. The molecule has 10 heteroatoms. The first-order valence-electron chi connectivity index (χ1n) is 11.7. The summed E-state index contributed by atoms with van der Waals surface area (Å²) in [5.74, 6) is 0.453. The second-order valence-corrected chi connectivity index (χ2v) is 10.1. The third-order valence-electron chi connectivity index (χ3n) is 7.13. The molecule has 5 rings (SSSR count). The Labute approximate surface area is 195 Å². The molecular weight excluding hydrogens is 457 g/mol. The molecule has 3 heterocycles. The Morgan fingerprint density at radius 2 is 1.82 bits per heavy atom. The van der Waals surface area contributed by atoms with Crippen molar-refractivity contribution in [2.45, 2.75) is 69.8 Å². The maximum atomic E-state index is 13.8. The minimum Gasteiger partial charge on any atom is -0.393 e. The zero-order valence-corrected chi connectivity index (χ0v) is 19.1. The van der Waals surface area contributed by atoms with Gasteiger partial charge in [-0.3, -0.25) is 9.69 Å². The summed E-state index contributed by atoms with van der Waals surface area (Å²) in [5.41, 5.74) is 0.437. The normalized spacial score (nSPS) is 25.2. The molecule has 0 aromatic carbocycles. The van der Waals surface area contributed by atoms with Crippen LogP contribution < -0.4 is 0 Å². The van der Waals surface area contributed by atoms with E-state index < -0.39 is 11.9 Å². The van der Waals surface area contributed by atoms with Crippen molar-refractivity contribution in [3.63, 3.8) is 0 Å². The maximum absolute atomic E-state index is 13.8. The third-order valence-corrected chi connectivity index (χ3v) is 7.54. The summed E-state index contributed by atoms with van der Waals surface area (Å²) in [6, 6.07) is 3.05. The van der Waals surface area contributed by atoms with Crippen molar-refractivity contribution in [1.29, 1.82) is 0 Å². The number of rotatable bonds is 5. The summed E-state index contributed by atoms with van der Waals surface area (Å²) in [7, 11) is 0. The van der Waals surface area contributed by atoms with Crippen LogP contribution in [-0.4, -0.2) is 62.2 Å². The summed E-state index contributed by atoms with van der Waals surface area (Å²) in [6.07, 6.45) is 0.909. The lowest BCUT2D eigenvalue weighted by Crippen LogP contribution is -2.54. The van der Waals surface area contributed by atoms with Crippen LogP contribution in [-0.2, 0) is 23.9 Å². The van der Waals surface area contributed by atoms with E-state index in [4.69, 9.17) is 11.6 Å². The average molecular weight is 485 g/mol. The summed E-state index contributed by atoms with van der Waals surface area (Å²) >= 11 is 6.53. The molecule has 180 valence electrons. The van der Waals surface area contributed by atoms with Gasteiger partial charge in [0.1, 0.15) is 5.69 Å². The minimum absolute atomic E-state index is 0.00484. The molecule has 2 aromatic rings. The van der Waals surface area contributed by atoms with Gasteiger partial charge in [-0.2, -0.15) is 18.3 Å². The average Bonchev–Trinajstić information content (AvgIpc) is 3.52. The van der Waals surface area contributed by atoms with Crippen LogP contribution in [0.1, 0.15) is 55.5 Å². The van der Waals surface area contributed by atoms with Crippen LogP contribution in [0.2, 0.25) is 5.02 Å². The predicted octanol–water partition coefficient (Wildman–Crippen LogP) is 3.91. The summed E-state index contributed by atoms with van der Waals surface area (Å²) in [6.45, 7) is 1.57. The van der Waals surface area contributed by atoms with Gasteiger partial charge in [-0.25, -0.2) is 4.52 Å². The minimum atomic E-state index is -4.54. The fraction of sp³-hybridized carbons (Fsp3) is 0.652. The van der Waals surface area contributed by atoms with Gasteiger partial charge >= 0.3 is 6.18 Å². The van der Waals surface area contributed by atoms with Gasteiger partial charge in [0.2, 0.25) is 5.91 Å². The molecule has 0 unspecified atom stereocenters. The van der Waals surface area contributed by atoms with Crippen molar-refractivity contribution < 1.29 is 23.1 Å². The molecule has 6 nitrogen and oxygen atoms in total. The molecule has 1 amide bonds. The number of carbonyl (C=O) groups excluding carboxylic acids is 1. The largest absolute Gasteiger partial charge is 0.433 e. The van der Waals surface area contributed by atoms with Crippen LogP contribution in [0.3, 0.4) is 0 Å². The quantitative estimate of drug-likeness (QED) is 0.699. The molecule has 3 fully saturated rings. The van der Waals surface area contributed by atoms with Gasteiger partial charge in [-0.05, 0) is 68.6 Å². The van der Waals surface area contributed by atoms with Crippen LogP contribution in [0.25, 0.3) is 5.52 Å². The van der Waals surface area contributed by atoms with Gasteiger partial charge in [0.05, 0.1) is 28.9 Å². The Kier molecular flexibility index (Phi) is 6.07. The van der Waals surface area contributed by atoms with Crippen LogP contribution in [0.4, 0.5) is 13.2 Å². The number of aromatic nitrogens is 2. The van der Waals surface area contributed by atoms with E-state index >= 15 is 0 Å². The van der Waals surface area contributed by atoms with Gasteiger partial charge in [-0.15, -0.1) is 0 Å². The van der Waals surface area contributed by atoms with E-state index in [1.807, 2.05) is 9.80 Å². The Morgan fingerprint density at radius 3 is 2.45 bits per heavy atom. The predicted molar refractivity (Wildman–Crippen MR) is 117 cm³/mol. The maximum Gasteiger partial charge on any atom is 0.433 e. The number of carbonyl (C=O) groups is 1. The molecule has 0 bridgehead atoms. The number of nitrogens with zero attached hydrogens (tertiary/aromatic N) is 4. The van der Waals surface area contributed by atoms with E-state index in [1.165, 1.54) is 6.07 Å². The van der Waals surface area contributed by atoms with E-state index in [2.05, 4.69) is 5.10 Å². The molecular formula is C23H28ClF3N4O2. The van der Waals surface area contributed by atoms with Crippen LogP contribution in [0, 0.1) is 5.92 Å². The Balaban J connectivity index is 1.34. The Bertz CT molecular complexity index is 1040. The number of alkyl halides is 3. The number of amides is 1. The van der Waals surface area contributed by atoms with Crippen molar-refractivity contribution in [2.75, 3.05) is 19.6 Å². The summed E-state index contributed by atoms with van der Waals surface area (Å²) in [4.78, 5) is 16.6. The molecule has 2 aliphatic carbocycles. The van der Waals surface area contributed by atoms with Crippen molar-refractivity contribution in [3.8, 4) is 0 Å². The van der Waals surface area contributed by atoms with Gasteiger partial charge in [0, 0.05) is 25.7 Å². The lowest BCUT2D eigenvalue weighted by Gasteiger charge is -2.41. The second-order valence-electron chi connectivity index (χ2n) is 9.71. The molecule has 0 radical (unpaired) electrons. The van der Waals surface area contributed by atoms with Crippen LogP contribution in [0.15, 0.2) is 12.1 Å². The van der Waals surface area contributed by atoms with Gasteiger partial charge < -0.3 is 10.0 Å². The highest BCUT2D eigenvalue weighted by atomic mass is 35.5. The number of halogens is 4. The molecule has 3 aliphatic rings. The number of aliphatic hydroxyl groups excluding tert-OH is 1. The monoisotopic (exact) mass is 484 g/mol. The molecule has 1 aliphatic heterocycles. The van der Waals surface area contributed by atoms with E-state index in [0.29, 0.717) is 49.5 Å². The molecule has 0 atom stereocenters. The first-order valence-corrected chi connectivity index (χ1v) is 12.0. The molecule has 33 heavy (non-hydrogen) atoms. The number of hydrogen-bond acceptors (Lipinski definition) is 4. The van der Waals surface area contributed by atoms with Gasteiger partial charge in [-0.1, -0.05) is 11.6 Å². The van der Waals surface area contributed by atoms with Crippen LogP contribution >= 0.6 is 11.6 Å². The molecule has 2 aromatic heterocycles. The topological polar surface area (TPSA) is 61.1 Å². The number of hydrogen-bond donors (Lipinski definition) is 1. The highest BCUT2D eigenvalue weighted by Gasteiger charge is 2.37. The lowest BCUT2D eigenvalue weighted by molar-refractivity contribution is -0.142. The van der Waals surface area contributed by atoms with E-state index in [-0.39, 0.29) is 41.7 Å². The van der Waals surface area contributed by atoms with E-state index in [0.717, 1.165) is 30.2 Å². The molecule has 0 spiro atoms. The number of pyridine rings is 1. The SMILES string of the molecule is O=C1CN(Cc2nn3c(C(F)(F)F)cc(CC4CC4)cc3c2Cl)CCN1C1CCC(O)CC1. The Morgan fingerprint density at radius 1 is 1.09 bits per heavy atom. The molecule has 2 saturated carbocycles. The number of aliphatic hydroxyl groups is 1. The van der Waals surface area contributed by atoms with Crippen molar-refractivity contribution in [2.24, 2.45) is 5.92 Å². The lowest BCUT2D eigenvalue weighted by atomic mass is 9.91. The molecule has 1 saturated heterocycles. The highest BCUT2D eigenvalue weighted by molar-refractivity contribution is 6.34. The van der Waals surface area contributed by atoms with E-state index in [1.54, 1.807) is 6.07 Å². The molecule has 1 N–H and O–H groups in total. The number of piperazine rings is 1. The first-order chi connectivity index (χ1) is 15.7. The van der Waals surface area contributed by atoms with Gasteiger partial charge in [0.15, 0.2) is 0 Å². The van der Waals surface area contributed by atoms with Crippen molar-refractivity contribution >= 4 is 23.0 Å². The standard InChI is InChI=1S/C23H28ClF3N4O2/c24-22-18(12-29-7-8-30(21(33)13-29)16-3-5-17(32)6-4-16)28-31-19(22)10-15(9-14-1-2-14)11-20(31)23(25,26)27/h10-11,14,16-17,32H,1-9,12-13H2. The third kappa shape index (κ3) is 4.86. The zero-order chi connectivity index (χ0) is 23.3. The second kappa shape index (κ2) is 8.74.